The van der Waals surface area contributed by atoms with Gasteiger partial charge in [-0.2, -0.15) is 5.10 Å². The number of carbonyl (C=O) groups is 2. The Balaban J connectivity index is 1.16. The molecule has 1 saturated carbocycles. The molecule has 2 fully saturated rings. The molecule has 0 bridgehead atoms. The van der Waals surface area contributed by atoms with Crippen molar-refractivity contribution in [3.8, 4) is 0 Å². The van der Waals surface area contributed by atoms with E-state index < -0.39 is 0 Å². The number of aromatic nitrogens is 2. The van der Waals surface area contributed by atoms with Crippen molar-refractivity contribution in [1.82, 2.24) is 14.7 Å². The molecule has 164 valence electrons. The zero-order valence-electron chi connectivity index (χ0n) is 18.4. The third kappa shape index (κ3) is 3.04. The number of hydrogen-bond acceptors (Lipinski definition) is 3. The Kier molecular flexibility index (Phi) is 4.39. The molecule has 6 heteroatoms. The fourth-order valence-corrected chi connectivity index (χ4v) is 5.66. The van der Waals surface area contributed by atoms with E-state index >= 15 is 0 Å². The summed E-state index contributed by atoms with van der Waals surface area (Å²) in [7, 11) is 0. The number of rotatable bonds is 4. The topological polar surface area (TPSA) is 67.2 Å². The van der Waals surface area contributed by atoms with Crippen LogP contribution in [0.15, 0.2) is 42.7 Å². The van der Waals surface area contributed by atoms with Crippen LogP contribution in [-0.4, -0.2) is 39.6 Å². The summed E-state index contributed by atoms with van der Waals surface area (Å²) in [5.41, 5.74) is 3.96. The van der Waals surface area contributed by atoms with Gasteiger partial charge in [0.25, 0.3) is 5.91 Å². The van der Waals surface area contributed by atoms with E-state index in [0.29, 0.717) is 18.4 Å². The summed E-state index contributed by atoms with van der Waals surface area (Å²) in [5.74, 6) is 0.787. The maximum atomic E-state index is 12.8. The van der Waals surface area contributed by atoms with E-state index in [0.717, 1.165) is 66.4 Å². The molecule has 1 saturated heterocycles. The average Bonchev–Trinajstić information content (AvgIpc) is 3.39. The van der Waals surface area contributed by atoms with E-state index in [-0.39, 0.29) is 11.3 Å². The number of hydrogen-bond donors (Lipinski definition) is 1. The van der Waals surface area contributed by atoms with Gasteiger partial charge in [-0.1, -0.05) is 31.5 Å². The van der Waals surface area contributed by atoms with Crippen molar-refractivity contribution in [2.24, 2.45) is 5.41 Å². The fourth-order valence-electron chi connectivity index (χ4n) is 5.66. The van der Waals surface area contributed by atoms with Crippen LogP contribution in [0, 0.1) is 5.41 Å². The first-order chi connectivity index (χ1) is 15.5. The van der Waals surface area contributed by atoms with Gasteiger partial charge in [-0.25, -0.2) is 0 Å². The molecule has 2 amide bonds. The van der Waals surface area contributed by atoms with Crippen LogP contribution >= 0.6 is 0 Å². The molecular weight excluding hydrogens is 400 g/mol. The Morgan fingerprint density at radius 2 is 2.00 bits per heavy atom. The predicted molar refractivity (Wildman–Crippen MR) is 124 cm³/mol. The number of piperidine rings is 1. The van der Waals surface area contributed by atoms with Crippen molar-refractivity contribution < 1.29 is 9.59 Å². The molecular formula is C26H28N4O2. The van der Waals surface area contributed by atoms with Gasteiger partial charge in [0.15, 0.2) is 0 Å². The number of carbonyl (C=O) groups excluding carboxylic acids is 2. The van der Waals surface area contributed by atoms with Gasteiger partial charge < -0.3 is 10.2 Å². The van der Waals surface area contributed by atoms with Crippen molar-refractivity contribution >= 4 is 28.3 Å². The first-order valence-corrected chi connectivity index (χ1v) is 11.7. The molecule has 32 heavy (non-hydrogen) atoms. The third-order valence-corrected chi connectivity index (χ3v) is 7.84. The number of likely N-dealkylation sites (tertiary alicyclic amines) is 1. The van der Waals surface area contributed by atoms with Crippen molar-refractivity contribution in [3.05, 3.63) is 59.4 Å². The summed E-state index contributed by atoms with van der Waals surface area (Å²) < 4.78 is 2.00. The second-order valence-corrected chi connectivity index (χ2v) is 9.91. The van der Waals surface area contributed by atoms with Crippen LogP contribution in [0.3, 0.4) is 0 Å². The molecule has 6 nitrogen and oxygen atoms in total. The minimum Gasteiger partial charge on any atom is -0.342 e. The summed E-state index contributed by atoms with van der Waals surface area (Å²) in [4.78, 5) is 27.1. The zero-order valence-corrected chi connectivity index (χ0v) is 18.4. The molecule has 1 N–H and O–H groups in total. The zero-order chi connectivity index (χ0) is 21.9. The van der Waals surface area contributed by atoms with E-state index in [2.05, 4.69) is 40.6 Å². The van der Waals surface area contributed by atoms with Gasteiger partial charge in [0.2, 0.25) is 5.91 Å². The second kappa shape index (κ2) is 7.19. The number of nitrogens with zero attached hydrogens (tertiary/aromatic N) is 3. The van der Waals surface area contributed by atoms with Crippen LogP contribution in [-0.2, 0) is 11.3 Å². The van der Waals surface area contributed by atoms with E-state index in [1.807, 2.05) is 29.1 Å². The molecule has 6 rings (SSSR count). The largest absolute Gasteiger partial charge is 0.342 e. The number of amides is 2. The van der Waals surface area contributed by atoms with E-state index in [4.69, 9.17) is 0 Å². The van der Waals surface area contributed by atoms with Gasteiger partial charge in [-0.15, -0.1) is 0 Å². The highest BCUT2D eigenvalue weighted by molar-refractivity contribution is 6.24. The highest BCUT2D eigenvalue weighted by atomic mass is 16.2. The van der Waals surface area contributed by atoms with Crippen molar-refractivity contribution in [2.45, 2.75) is 51.5 Å². The lowest BCUT2D eigenvalue weighted by Gasteiger charge is -2.43. The van der Waals surface area contributed by atoms with Crippen molar-refractivity contribution in [2.75, 3.05) is 18.4 Å². The van der Waals surface area contributed by atoms with Crippen LogP contribution < -0.4 is 5.32 Å². The lowest BCUT2D eigenvalue weighted by Crippen LogP contribution is -2.48. The standard InChI is InChI=1S/C26H28N4O2/c1-26(10-3-11-26)25(32)29-12-8-17(9-13-29)19-14-27-30(16-19)15-18-6-7-22-23-20(18)4-2-5-21(23)24(31)28-22/h2,4-7,14,16-17H,3,8-13,15H2,1H3,(H,28,31). The summed E-state index contributed by atoms with van der Waals surface area (Å²) in [5, 5.41) is 9.70. The monoisotopic (exact) mass is 428 g/mol. The maximum absolute atomic E-state index is 12.8. The summed E-state index contributed by atoms with van der Waals surface area (Å²) in [6, 6.07) is 9.99. The van der Waals surface area contributed by atoms with Crippen LogP contribution in [0.2, 0.25) is 0 Å². The number of nitrogens with one attached hydrogen (secondary N) is 1. The third-order valence-electron chi connectivity index (χ3n) is 7.84. The number of anilines is 1. The lowest BCUT2D eigenvalue weighted by molar-refractivity contribution is -0.147. The molecule has 0 radical (unpaired) electrons. The van der Waals surface area contributed by atoms with Crippen LogP contribution in [0.25, 0.3) is 10.8 Å². The number of benzene rings is 2. The molecule has 3 heterocycles. The molecule has 2 aromatic carbocycles. The minimum absolute atomic E-state index is 0.0275. The molecule has 1 aliphatic carbocycles. The maximum Gasteiger partial charge on any atom is 0.256 e. The smallest absolute Gasteiger partial charge is 0.256 e. The van der Waals surface area contributed by atoms with Gasteiger partial charge in [0, 0.05) is 41.3 Å². The predicted octanol–water partition coefficient (Wildman–Crippen LogP) is 4.55. The van der Waals surface area contributed by atoms with Gasteiger partial charge in [-0.3, -0.25) is 14.3 Å². The summed E-state index contributed by atoms with van der Waals surface area (Å²) >= 11 is 0. The van der Waals surface area contributed by atoms with E-state index in [1.54, 1.807) is 0 Å². The van der Waals surface area contributed by atoms with Gasteiger partial charge in [-0.05, 0) is 60.2 Å². The highest BCUT2D eigenvalue weighted by Crippen LogP contribution is 2.43. The van der Waals surface area contributed by atoms with Crippen molar-refractivity contribution in [1.29, 1.82) is 0 Å². The SMILES string of the molecule is CC1(C(=O)N2CCC(c3cnn(Cc4ccc5c6c(cccc46)C(=O)N5)c3)CC2)CCC1. The normalized spacial score (nSPS) is 19.8. The Bertz CT molecular complexity index is 1230. The molecule has 0 unspecified atom stereocenters. The van der Waals surface area contributed by atoms with Crippen molar-refractivity contribution in [3.63, 3.8) is 0 Å². The Morgan fingerprint density at radius 1 is 1.19 bits per heavy atom. The van der Waals surface area contributed by atoms with Crippen LogP contribution in [0.5, 0.6) is 0 Å². The summed E-state index contributed by atoms with van der Waals surface area (Å²) in [6.45, 7) is 4.49. The molecule has 1 aromatic heterocycles. The Labute approximate surface area is 187 Å². The minimum atomic E-state index is -0.0997. The van der Waals surface area contributed by atoms with Crippen LogP contribution in [0.4, 0.5) is 5.69 Å². The first-order valence-electron chi connectivity index (χ1n) is 11.7. The van der Waals surface area contributed by atoms with Gasteiger partial charge in [0.05, 0.1) is 12.7 Å². The molecule has 0 atom stereocenters. The fraction of sp³-hybridized carbons (Fsp3) is 0.423. The quantitative estimate of drug-likeness (QED) is 0.663. The Morgan fingerprint density at radius 3 is 2.75 bits per heavy atom. The second-order valence-electron chi connectivity index (χ2n) is 9.91. The molecule has 3 aromatic rings. The van der Waals surface area contributed by atoms with E-state index in [1.165, 1.54) is 12.0 Å². The first kappa shape index (κ1) is 19.5. The highest BCUT2D eigenvalue weighted by Gasteiger charge is 2.42. The van der Waals surface area contributed by atoms with Crippen LogP contribution in [0.1, 0.15) is 66.4 Å². The Hall–Kier alpha value is -3.15. The molecule has 0 spiro atoms. The van der Waals surface area contributed by atoms with E-state index in [9.17, 15) is 9.59 Å². The molecule has 2 aliphatic heterocycles. The average molecular weight is 429 g/mol. The summed E-state index contributed by atoms with van der Waals surface area (Å²) in [6.07, 6.45) is 9.41. The lowest BCUT2D eigenvalue weighted by atomic mass is 9.69. The molecule has 3 aliphatic rings. The van der Waals surface area contributed by atoms with Gasteiger partial charge in [0.1, 0.15) is 0 Å². The van der Waals surface area contributed by atoms with Gasteiger partial charge >= 0.3 is 0 Å².